The van der Waals surface area contributed by atoms with Crippen molar-refractivity contribution in [2.45, 2.75) is 11.9 Å². The molecule has 4 rings (SSSR count). The normalized spacial score (nSPS) is 11.6. The predicted molar refractivity (Wildman–Crippen MR) is 130 cm³/mol. The number of aromatic amines is 1. The standard InChI is InChI=1S/C21H23ClN8O3S/c1-13-18-20(25-9-8-23-10-11-31)26-19(27-21(18)29-28-13)14-5-6-16(15(22)12-14)30-34(32,33)17-4-2-3-7-24-17/h2-7,12,23,30-31H,8-11H2,1H3,(H2,25,26,27,28,29). The highest BCUT2D eigenvalue weighted by atomic mass is 35.5. The first-order valence-electron chi connectivity index (χ1n) is 10.4. The average Bonchev–Trinajstić information content (AvgIpc) is 3.21. The van der Waals surface area contributed by atoms with E-state index in [4.69, 9.17) is 16.7 Å². The molecule has 0 bridgehead atoms. The Hall–Kier alpha value is -3.32. The van der Waals surface area contributed by atoms with Crippen molar-refractivity contribution in [3.63, 3.8) is 0 Å². The van der Waals surface area contributed by atoms with E-state index < -0.39 is 10.0 Å². The van der Waals surface area contributed by atoms with Gasteiger partial charge in [0.15, 0.2) is 16.5 Å². The summed E-state index contributed by atoms with van der Waals surface area (Å²) in [5, 5.41) is 23.3. The Kier molecular flexibility index (Phi) is 7.22. The van der Waals surface area contributed by atoms with Crippen LogP contribution in [0.15, 0.2) is 47.6 Å². The molecule has 1 aromatic carbocycles. The quantitative estimate of drug-likeness (QED) is 0.205. The summed E-state index contributed by atoms with van der Waals surface area (Å²) in [6.07, 6.45) is 1.40. The van der Waals surface area contributed by atoms with Crippen molar-refractivity contribution in [1.82, 2.24) is 30.5 Å². The van der Waals surface area contributed by atoms with E-state index in [0.717, 1.165) is 11.1 Å². The number of anilines is 2. The van der Waals surface area contributed by atoms with Crippen LogP contribution < -0.4 is 15.4 Å². The number of aliphatic hydroxyl groups is 1. The Morgan fingerprint density at radius 2 is 1.97 bits per heavy atom. The van der Waals surface area contributed by atoms with Crippen molar-refractivity contribution >= 4 is 44.2 Å². The lowest BCUT2D eigenvalue weighted by Gasteiger charge is -2.12. The lowest BCUT2D eigenvalue weighted by Crippen LogP contribution is -2.25. The molecule has 11 nitrogen and oxygen atoms in total. The minimum atomic E-state index is -3.89. The molecule has 0 amide bonds. The van der Waals surface area contributed by atoms with Gasteiger partial charge in [0, 0.05) is 37.1 Å². The van der Waals surface area contributed by atoms with Crippen LogP contribution in [0.3, 0.4) is 0 Å². The monoisotopic (exact) mass is 502 g/mol. The molecule has 34 heavy (non-hydrogen) atoms. The summed E-state index contributed by atoms with van der Waals surface area (Å²) < 4.78 is 27.6. The second-order valence-electron chi connectivity index (χ2n) is 7.31. The summed E-state index contributed by atoms with van der Waals surface area (Å²) >= 11 is 6.40. The Labute approximate surface area is 201 Å². The van der Waals surface area contributed by atoms with Gasteiger partial charge in [-0.05, 0) is 37.3 Å². The van der Waals surface area contributed by atoms with Gasteiger partial charge in [-0.2, -0.15) is 13.5 Å². The summed E-state index contributed by atoms with van der Waals surface area (Å²) in [6.45, 7) is 3.66. The van der Waals surface area contributed by atoms with E-state index in [-0.39, 0.29) is 22.3 Å². The number of halogens is 1. The van der Waals surface area contributed by atoms with Crippen molar-refractivity contribution in [1.29, 1.82) is 0 Å². The number of sulfonamides is 1. The van der Waals surface area contributed by atoms with E-state index in [9.17, 15) is 8.42 Å². The molecular weight excluding hydrogens is 480 g/mol. The zero-order valence-electron chi connectivity index (χ0n) is 18.2. The molecule has 178 valence electrons. The van der Waals surface area contributed by atoms with Gasteiger partial charge < -0.3 is 15.7 Å². The van der Waals surface area contributed by atoms with Gasteiger partial charge in [0.25, 0.3) is 10.0 Å². The highest BCUT2D eigenvalue weighted by Crippen LogP contribution is 2.31. The first-order valence-corrected chi connectivity index (χ1v) is 12.3. The summed E-state index contributed by atoms with van der Waals surface area (Å²) in [7, 11) is -3.89. The van der Waals surface area contributed by atoms with Gasteiger partial charge in [0.2, 0.25) is 0 Å². The number of nitrogens with one attached hydrogen (secondary N) is 4. The van der Waals surface area contributed by atoms with E-state index >= 15 is 0 Å². The van der Waals surface area contributed by atoms with Gasteiger partial charge >= 0.3 is 0 Å². The van der Waals surface area contributed by atoms with Crippen LogP contribution in [0.2, 0.25) is 5.02 Å². The second kappa shape index (κ2) is 10.3. The Morgan fingerprint density at radius 3 is 2.71 bits per heavy atom. The van der Waals surface area contributed by atoms with Crippen molar-refractivity contribution in [3.05, 3.63) is 53.3 Å². The van der Waals surface area contributed by atoms with E-state index in [2.05, 4.69) is 40.5 Å². The fraction of sp³-hybridized carbons (Fsp3) is 0.238. The molecular formula is C21H23ClN8O3S. The number of aliphatic hydroxyl groups excluding tert-OH is 1. The fourth-order valence-electron chi connectivity index (χ4n) is 3.24. The van der Waals surface area contributed by atoms with Crippen LogP contribution >= 0.6 is 11.6 Å². The Balaban J connectivity index is 1.61. The molecule has 3 heterocycles. The zero-order chi connectivity index (χ0) is 24.1. The number of nitrogens with zero attached hydrogens (tertiary/aromatic N) is 4. The van der Waals surface area contributed by atoms with Crippen molar-refractivity contribution in [2.24, 2.45) is 0 Å². The number of pyridine rings is 1. The number of hydrogen-bond acceptors (Lipinski definition) is 9. The van der Waals surface area contributed by atoms with Crippen LogP contribution in [0.4, 0.5) is 11.5 Å². The molecule has 4 aromatic rings. The minimum absolute atomic E-state index is 0.0670. The lowest BCUT2D eigenvalue weighted by atomic mass is 10.2. The van der Waals surface area contributed by atoms with Crippen molar-refractivity contribution < 1.29 is 13.5 Å². The van der Waals surface area contributed by atoms with Gasteiger partial charge in [-0.15, -0.1) is 0 Å². The maximum absolute atomic E-state index is 12.6. The third-order valence-corrected chi connectivity index (χ3v) is 6.46. The number of H-pyrrole nitrogens is 1. The van der Waals surface area contributed by atoms with Crippen molar-refractivity contribution in [3.8, 4) is 11.4 Å². The van der Waals surface area contributed by atoms with Crippen molar-refractivity contribution in [2.75, 3.05) is 36.3 Å². The largest absolute Gasteiger partial charge is 0.395 e. The number of benzene rings is 1. The smallest absolute Gasteiger partial charge is 0.279 e. The molecule has 0 aliphatic carbocycles. The maximum Gasteiger partial charge on any atom is 0.279 e. The Bertz CT molecular complexity index is 1400. The minimum Gasteiger partial charge on any atom is -0.395 e. The summed E-state index contributed by atoms with van der Waals surface area (Å²) in [4.78, 5) is 13.1. The molecule has 0 saturated carbocycles. The maximum atomic E-state index is 12.6. The third-order valence-electron chi connectivity index (χ3n) is 4.86. The summed E-state index contributed by atoms with van der Waals surface area (Å²) in [5.41, 5.74) is 2.12. The van der Waals surface area contributed by atoms with E-state index in [0.29, 0.717) is 42.5 Å². The molecule has 3 aromatic heterocycles. The Morgan fingerprint density at radius 1 is 1.12 bits per heavy atom. The van der Waals surface area contributed by atoms with E-state index in [1.54, 1.807) is 30.3 Å². The molecule has 0 radical (unpaired) electrons. The molecule has 0 unspecified atom stereocenters. The van der Waals surface area contributed by atoms with Gasteiger partial charge in [-0.25, -0.2) is 15.0 Å². The zero-order valence-corrected chi connectivity index (χ0v) is 19.8. The van der Waals surface area contributed by atoms with Crippen LogP contribution in [-0.2, 0) is 10.0 Å². The molecule has 0 aliphatic rings. The number of aryl methyl sites for hydroxylation is 1. The first-order chi connectivity index (χ1) is 16.4. The summed E-state index contributed by atoms with van der Waals surface area (Å²) in [5.74, 6) is 0.985. The highest BCUT2D eigenvalue weighted by molar-refractivity contribution is 7.92. The van der Waals surface area contributed by atoms with E-state index in [1.807, 2.05) is 6.92 Å². The molecule has 5 N–H and O–H groups in total. The molecule has 13 heteroatoms. The van der Waals surface area contributed by atoms with E-state index in [1.165, 1.54) is 12.3 Å². The van der Waals surface area contributed by atoms with Crippen LogP contribution in [0.1, 0.15) is 5.69 Å². The molecule has 0 fully saturated rings. The molecule has 0 atom stereocenters. The lowest BCUT2D eigenvalue weighted by molar-refractivity contribution is 0.293. The van der Waals surface area contributed by atoms with Crippen LogP contribution in [-0.4, -0.2) is 64.9 Å². The average molecular weight is 503 g/mol. The van der Waals surface area contributed by atoms with Gasteiger partial charge in [-0.1, -0.05) is 17.7 Å². The highest BCUT2D eigenvalue weighted by Gasteiger charge is 2.18. The third kappa shape index (κ3) is 5.25. The number of rotatable bonds is 10. The second-order valence-corrected chi connectivity index (χ2v) is 9.35. The topological polar surface area (TPSA) is 158 Å². The number of aromatic nitrogens is 5. The molecule has 0 saturated heterocycles. The van der Waals surface area contributed by atoms with Crippen LogP contribution in [0.25, 0.3) is 22.4 Å². The first kappa shape index (κ1) is 23.8. The molecule has 0 spiro atoms. The predicted octanol–water partition coefficient (Wildman–Crippen LogP) is 2.17. The van der Waals surface area contributed by atoms with Crippen LogP contribution in [0, 0.1) is 6.92 Å². The van der Waals surface area contributed by atoms with Crippen LogP contribution in [0.5, 0.6) is 0 Å². The SMILES string of the molecule is Cc1[nH]nc2nc(-c3ccc(NS(=O)(=O)c4ccccn4)c(Cl)c3)nc(NCCNCCO)c12. The van der Waals surface area contributed by atoms with Gasteiger partial charge in [-0.3, -0.25) is 9.82 Å². The number of fused-ring (bicyclic) bond motifs is 1. The van der Waals surface area contributed by atoms with Gasteiger partial charge in [0.05, 0.1) is 22.7 Å². The van der Waals surface area contributed by atoms with Gasteiger partial charge in [0.1, 0.15) is 5.82 Å². The molecule has 0 aliphatic heterocycles. The fourth-order valence-corrected chi connectivity index (χ4v) is 4.55. The number of hydrogen-bond donors (Lipinski definition) is 5. The summed E-state index contributed by atoms with van der Waals surface area (Å²) in [6, 6.07) is 9.43.